The van der Waals surface area contributed by atoms with E-state index in [9.17, 15) is 4.79 Å². The summed E-state index contributed by atoms with van der Waals surface area (Å²) in [7, 11) is 0. The van der Waals surface area contributed by atoms with Crippen molar-refractivity contribution in [1.82, 2.24) is 0 Å². The number of carbonyl (C=O) groups is 1. The molecule has 2 rings (SSSR count). The molecule has 1 atom stereocenters. The summed E-state index contributed by atoms with van der Waals surface area (Å²) in [6.45, 7) is 5.97. The van der Waals surface area contributed by atoms with E-state index in [2.05, 4.69) is 5.32 Å². The molecule has 0 unspecified atom stereocenters. The van der Waals surface area contributed by atoms with Crippen LogP contribution in [-0.4, -0.2) is 17.3 Å². The Kier molecular flexibility index (Phi) is 7.00. The number of hydrogen-bond donors (Lipinski definition) is 1. The van der Waals surface area contributed by atoms with Gasteiger partial charge in [0.2, 0.25) is 5.91 Å². The third-order valence-electron chi connectivity index (χ3n) is 3.25. The fourth-order valence-corrected chi connectivity index (χ4v) is 3.19. The quantitative estimate of drug-likeness (QED) is 0.647. The van der Waals surface area contributed by atoms with Gasteiger partial charge in [-0.1, -0.05) is 18.5 Å². The number of nitrogens with one attached hydrogen (secondary N) is 1. The Morgan fingerprint density at radius 3 is 2.29 bits per heavy atom. The van der Waals surface area contributed by atoms with Crippen LogP contribution in [0.2, 0.25) is 5.02 Å². The van der Waals surface area contributed by atoms with E-state index >= 15 is 0 Å². The summed E-state index contributed by atoms with van der Waals surface area (Å²) in [5.41, 5.74) is 0.770. The molecule has 0 aliphatic heterocycles. The highest BCUT2D eigenvalue weighted by molar-refractivity contribution is 8.00. The zero-order chi connectivity index (χ0) is 17.5. The van der Waals surface area contributed by atoms with Crippen molar-refractivity contribution in [1.29, 1.82) is 0 Å². The average molecular weight is 364 g/mol. The monoisotopic (exact) mass is 363 g/mol. The number of ether oxygens (including phenoxy) is 1. The molecular weight excluding hydrogens is 342 g/mol. The van der Waals surface area contributed by atoms with Crippen molar-refractivity contribution in [3.8, 4) is 5.75 Å². The molecule has 1 N–H and O–H groups in total. The SMILES string of the molecule is CC[C@H](Sc1ccc(Cl)cc1)C(=O)Nc1ccc(OC(C)C)cc1. The minimum atomic E-state index is -0.155. The molecule has 0 radical (unpaired) electrons. The predicted octanol–water partition coefficient (Wildman–Crippen LogP) is 5.64. The second-order valence-electron chi connectivity index (χ2n) is 5.65. The fourth-order valence-electron chi connectivity index (χ4n) is 2.11. The van der Waals surface area contributed by atoms with Gasteiger partial charge in [0, 0.05) is 15.6 Å². The molecule has 0 spiro atoms. The minimum Gasteiger partial charge on any atom is -0.491 e. The van der Waals surface area contributed by atoms with Gasteiger partial charge < -0.3 is 10.1 Å². The Morgan fingerprint density at radius 1 is 1.12 bits per heavy atom. The number of halogens is 1. The second kappa shape index (κ2) is 9.00. The van der Waals surface area contributed by atoms with Crippen LogP contribution in [0, 0.1) is 0 Å². The number of hydrogen-bond acceptors (Lipinski definition) is 3. The number of thioether (sulfide) groups is 1. The van der Waals surface area contributed by atoms with Gasteiger partial charge in [0.15, 0.2) is 0 Å². The Balaban J connectivity index is 1.97. The lowest BCUT2D eigenvalue weighted by Crippen LogP contribution is -2.24. The first-order chi connectivity index (χ1) is 11.5. The van der Waals surface area contributed by atoms with Crippen LogP contribution in [0.1, 0.15) is 27.2 Å². The molecule has 128 valence electrons. The van der Waals surface area contributed by atoms with E-state index in [1.807, 2.05) is 69.3 Å². The molecule has 0 aliphatic rings. The smallest absolute Gasteiger partial charge is 0.237 e. The van der Waals surface area contributed by atoms with Crippen LogP contribution < -0.4 is 10.1 Å². The third-order valence-corrected chi connectivity index (χ3v) is 4.88. The Hall–Kier alpha value is -1.65. The summed E-state index contributed by atoms with van der Waals surface area (Å²) in [4.78, 5) is 13.5. The molecule has 24 heavy (non-hydrogen) atoms. The minimum absolute atomic E-state index is 0.00465. The van der Waals surface area contributed by atoms with Crippen molar-refractivity contribution < 1.29 is 9.53 Å². The van der Waals surface area contributed by atoms with E-state index < -0.39 is 0 Å². The number of amides is 1. The molecule has 0 aliphatic carbocycles. The van der Waals surface area contributed by atoms with Gasteiger partial charge in [0.05, 0.1) is 11.4 Å². The van der Waals surface area contributed by atoms with Gasteiger partial charge in [0.25, 0.3) is 0 Å². The lowest BCUT2D eigenvalue weighted by Gasteiger charge is -2.15. The standard InChI is InChI=1S/C19H22ClNO2S/c1-4-18(24-17-11-5-14(20)6-12-17)19(22)21-15-7-9-16(10-8-15)23-13(2)3/h5-13,18H,4H2,1-3H3,(H,21,22)/t18-/m0/s1. The first kappa shape index (κ1) is 18.7. The number of rotatable bonds is 7. The van der Waals surface area contributed by atoms with Crippen LogP contribution in [0.3, 0.4) is 0 Å². The molecule has 3 nitrogen and oxygen atoms in total. The third kappa shape index (κ3) is 5.77. The molecule has 2 aromatic rings. The highest BCUT2D eigenvalue weighted by atomic mass is 35.5. The van der Waals surface area contributed by atoms with Gasteiger partial charge in [-0.25, -0.2) is 0 Å². The van der Waals surface area contributed by atoms with E-state index in [4.69, 9.17) is 16.3 Å². The van der Waals surface area contributed by atoms with Crippen LogP contribution in [0.5, 0.6) is 5.75 Å². The normalized spacial score (nSPS) is 12.0. The number of benzene rings is 2. The summed E-state index contributed by atoms with van der Waals surface area (Å²) < 4.78 is 5.60. The van der Waals surface area contributed by atoms with E-state index in [1.165, 1.54) is 0 Å². The Bertz CT molecular complexity index is 656. The first-order valence-electron chi connectivity index (χ1n) is 7.97. The van der Waals surface area contributed by atoms with Crippen LogP contribution in [-0.2, 0) is 4.79 Å². The highest BCUT2D eigenvalue weighted by Crippen LogP contribution is 2.28. The largest absolute Gasteiger partial charge is 0.491 e. The zero-order valence-electron chi connectivity index (χ0n) is 14.1. The van der Waals surface area contributed by atoms with Gasteiger partial charge in [0.1, 0.15) is 5.75 Å². The molecule has 1 amide bonds. The first-order valence-corrected chi connectivity index (χ1v) is 9.23. The predicted molar refractivity (Wildman–Crippen MR) is 102 cm³/mol. The van der Waals surface area contributed by atoms with Crippen molar-refractivity contribution in [3.63, 3.8) is 0 Å². The van der Waals surface area contributed by atoms with Crippen molar-refractivity contribution in [3.05, 3.63) is 53.6 Å². The van der Waals surface area contributed by atoms with Crippen LogP contribution in [0.4, 0.5) is 5.69 Å². The highest BCUT2D eigenvalue weighted by Gasteiger charge is 2.18. The van der Waals surface area contributed by atoms with Gasteiger partial charge in [-0.15, -0.1) is 11.8 Å². The van der Waals surface area contributed by atoms with Gasteiger partial charge >= 0.3 is 0 Å². The zero-order valence-corrected chi connectivity index (χ0v) is 15.7. The maximum absolute atomic E-state index is 12.5. The second-order valence-corrected chi connectivity index (χ2v) is 7.36. The van der Waals surface area contributed by atoms with E-state index in [-0.39, 0.29) is 17.3 Å². The molecule has 5 heteroatoms. The number of anilines is 1. The molecular formula is C19H22ClNO2S. The summed E-state index contributed by atoms with van der Waals surface area (Å²) in [5.74, 6) is 0.792. The molecule has 0 fully saturated rings. The summed E-state index contributed by atoms with van der Waals surface area (Å²) >= 11 is 7.44. The lowest BCUT2D eigenvalue weighted by molar-refractivity contribution is -0.115. The molecule has 0 saturated carbocycles. The Morgan fingerprint density at radius 2 is 1.75 bits per heavy atom. The van der Waals surface area contributed by atoms with Crippen molar-refractivity contribution in [2.45, 2.75) is 43.4 Å². The maximum Gasteiger partial charge on any atom is 0.237 e. The average Bonchev–Trinajstić information content (AvgIpc) is 2.55. The molecule has 0 aromatic heterocycles. The fraction of sp³-hybridized carbons (Fsp3) is 0.316. The topological polar surface area (TPSA) is 38.3 Å². The van der Waals surface area contributed by atoms with Crippen LogP contribution in [0.15, 0.2) is 53.4 Å². The van der Waals surface area contributed by atoms with E-state index in [0.29, 0.717) is 5.02 Å². The van der Waals surface area contributed by atoms with Crippen molar-refractivity contribution in [2.24, 2.45) is 0 Å². The molecule has 0 saturated heterocycles. The molecule has 2 aromatic carbocycles. The lowest BCUT2D eigenvalue weighted by atomic mass is 10.2. The van der Waals surface area contributed by atoms with Gasteiger partial charge in [-0.05, 0) is 68.8 Å². The molecule has 0 heterocycles. The Labute approximate surface area is 152 Å². The molecule has 0 bridgehead atoms. The van der Waals surface area contributed by atoms with Gasteiger partial charge in [-0.3, -0.25) is 4.79 Å². The number of carbonyl (C=O) groups excluding carboxylic acids is 1. The van der Waals surface area contributed by atoms with E-state index in [0.717, 1.165) is 22.8 Å². The maximum atomic E-state index is 12.5. The van der Waals surface area contributed by atoms with Gasteiger partial charge in [-0.2, -0.15) is 0 Å². The van der Waals surface area contributed by atoms with E-state index in [1.54, 1.807) is 11.8 Å². The summed E-state index contributed by atoms with van der Waals surface area (Å²) in [6.07, 6.45) is 0.874. The van der Waals surface area contributed by atoms with Crippen LogP contribution >= 0.6 is 23.4 Å². The van der Waals surface area contributed by atoms with Crippen molar-refractivity contribution >= 4 is 35.0 Å². The van der Waals surface area contributed by atoms with Crippen molar-refractivity contribution in [2.75, 3.05) is 5.32 Å². The van der Waals surface area contributed by atoms with Crippen LogP contribution in [0.25, 0.3) is 0 Å². The summed E-state index contributed by atoms with van der Waals surface area (Å²) in [6, 6.07) is 15.0. The summed E-state index contributed by atoms with van der Waals surface area (Å²) in [5, 5.41) is 3.50.